The van der Waals surface area contributed by atoms with Crippen molar-refractivity contribution >= 4 is 35.1 Å². The highest BCUT2D eigenvalue weighted by Crippen LogP contribution is 2.37. The van der Waals surface area contributed by atoms with E-state index in [-0.39, 0.29) is 5.91 Å². The van der Waals surface area contributed by atoms with Crippen molar-refractivity contribution in [2.45, 2.75) is 19.8 Å². The van der Waals surface area contributed by atoms with Crippen LogP contribution < -0.4 is 0 Å². The number of halogens is 2. The summed E-state index contributed by atoms with van der Waals surface area (Å²) in [6.07, 6.45) is 0.848. The SMILES string of the molecule is Cc1onc(-c2c(Cl)cccc2Cl)c1C(=O)N1CCC(C(=O)O)CC1. The third kappa shape index (κ3) is 3.37. The molecular weight excluding hydrogens is 367 g/mol. The van der Waals surface area contributed by atoms with Crippen molar-refractivity contribution in [3.05, 3.63) is 39.6 Å². The molecule has 8 heteroatoms. The zero-order valence-electron chi connectivity index (χ0n) is 13.5. The van der Waals surface area contributed by atoms with Gasteiger partial charge >= 0.3 is 5.97 Å². The number of aliphatic carboxylic acids is 1. The molecule has 0 atom stereocenters. The average Bonchev–Trinajstić information content (AvgIpc) is 2.95. The number of hydrogen-bond acceptors (Lipinski definition) is 4. The van der Waals surface area contributed by atoms with Crippen LogP contribution in [0, 0.1) is 12.8 Å². The lowest BCUT2D eigenvalue weighted by Gasteiger charge is -2.30. The van der Waals surface area contributed by atoms with Gasteiger partial charge in [-0.1, -0.05) is 34.4 Å². The molecule has 2 aromatic rings. The molecule has 1 aliphatic heterocycles. The Morgan fingerprint density at radius 3 is 2.40 bits per heavy atom. The molecule has 1 amide bonds. The maximum Gasteiger partial charge on any atom is 0.306 e. The van der Waals surface area contributed by atoms with Crippen LogP contribution >= 0.6 is 23.2 Å². The van der Waals surface area contributed by atoms with E-state index in [2.05, 4.69) is 5.16 Å². The Morgan fingerprint density at radius 1 is 1.24 bits per heavy atom. The largest absolute Gasteiger partial charge is 0.481 e. The van der Waals surface area contributed by atoms with Crippen molar-refractivity contribution < 1.29 is 19.2 Å². The van der Waals surface area contributed by atoms with Crippen molar-refractivity contribution in [3.8, 4) is 11.3 Å². The molecule has 1 aliphatic rings. The van der Waals surface area contributed by atoms with Crippen molar-refractivity contribution in [2.24, 2.45) is 5.92 Å². The number of carboxylic acids is 1. The van der Waals surface area contributed by atoms with Crippen LogP contribution in [0.5, 0.6) is 0 Å². The van der Waals surface area contributed by atoms with Crippen LogP contribution in [0.15, 0.2) is 22.7 Å². The van der Waals surface area contributed by atoms with Crippen molar-refractivity contribution in [3.63, 3.8) is 0 Å². The maximum atomic E-state index is 13.0. The smallest absolute Gasteiger partial charge is 0.306 e. The van der Waals surface area contributed by atoms with Crippen molar-refractivity contribution in [1.82, 2.24) is 10.1 Å². The highest BCUT2D eigenvalue weighted by atomic mass is 35.5. The van der Waals surface area contributed by atoms with Gasteiger partial charge in [-0.15, -0.1) is 0 Å². The number of hydrogen-bond donors (Lipinski definition) is 1. The highest BCUT2D eigenvalue weighted by molar-refractivity contribution is 6.39. The molecule has 0 saturated carbocycles. The van der Waals surface area contributed by atoms with E-state index in [1.807, 2.05) is 0 Å². The van der Waals surface area contributed by atoms with E-state index < -0.39 is 11.9 Å². The number of piperidine rings is 1. The molecule has 1 aromatic heterocycles. The quantitative estimate of drug-likeness (QED) is 0.869. The maximum absolute atomic E-state index is 13.0. The average molecular weight is 383 g/mol. The molecule has 0 aliphatic carbocycles. The minimum absolute atomic E-state index is 0.256. The van der Waals surface area contributed by atoms with Gasteiger partial charge in [-0.2, -0.15) is 0 Å². The summed E-state index contributed by atoms with van der Waals surface area (Å²) in [5, 5.41) is 13.8. The summed E-state index contributed by atoms with van der Waals surface area (Å²) in [5.74, 6) is -1.12. The summed E-state index contributed by atoms with van der Waals surface area (Å²) < 4.78 is 5.22. The van der Waals surface area contributed by atoms with Crippen molar-refractivity contribution in [2.75, 3.05) is 13.1 Å². The lowest BCUT2D eigenvalue weighted by Crippen LogP contribution is -2.40. The van der Waals surface area contributed by atoms with Crippen LogP contribution in [-0.4, -0.2) is 40.1 Å². The van der Waals surface area contributed by atoms with Gasteiger partial charge in [0.25, 0.3) is 5.91 Å². The second-order valence-corrected chi connectivity index (χ2v) is 6.78. The summed E-state index contributed by atoms with van der Waals surface area (Å²) >= 11 is 12.5. The fraction of sp³-hybridized carbons (Fsp3) is 0.353. The van der Waals surface area contributed by atoms with E-state index >= 15 is 0 Å². The molecule has 1 fully saturated rings. The minimum Gasteiger partial charge on any atom is -0.481 e. The topological polar surface area (TPSA) is 83.6 Å². The summed E-state index contributed by atoms with van der Waals surface area (Å²) in [6, 6.07) is 5.04. The third-order valence-electron chi connectivity index (χ3n) is 4.41. The number of nitrogens with zero attached hydrogens (tertiary/aromatic N) is 2. The molecule has 0 spiro atoms. The second-order valence-electron chi connectivity index (χ2n) is 5.96. The normalized spacial score (nSPS) is 15.4. The number of carbonyl (C=O) groups excluding carboxylic acids is 1. The fourth-order valence-corrected chi connectivity index (χ4v) is 3.58. The number of amides is 1. The predicted octanol–water partition coefficient (Wildman–Crippen LogP) is 3.89. The summed E-state index contributed by atoms with van der Waals surface area (Å²) in [7, 11) is 0. The zero-order valence-corrected chi connectivity index (χ0v) is 15.0. The monoisotopic (exact) mass is 382 g/mol. The molecule has 0 bridgehead atoms. The molecule has 1 aromatic carbocycles. The lowest BCUT2D eigenvalue weighted by atomic mass is 9.96. The molecule has 6 nitrogen and oxygen atoms in total. The zero-order chi connectivity index (χ0) is 18.1. The standard InChI is InChI=1S/C17H16Cl2N2O4/c1-9-13(16(22)21-7-5-10(6-8-21)17(23)24)15(20-25-9)14-11(18)3-2-4-12(14)19/h2-4,10H,5-8H2,1H3,(H,23,24). The second kappa shape index (κ2) is 7.06. The van der Waals surface area contributed by atoms with Gasteiger partial charge in [-0.25, -0.2) is 0 Å². The Morgan fingerprint density at radius 2 is 1.84 bits per heavy atom. The summed E-state index contributed by atoms with van der Waals surface area (Å²) in [6.45, 7) is 2.39. The summed E-state index contributed by atoms with van der Waals surface area (Å²) in [5.41, 5.74) is 1.06. The highest BCUT2D eigenvalue weighted by Gasteiger charge is 2.32. The number of aryl methyl sites for hydroxylation is 1. The Bertz CT molecular complexity index is 806. The first-order valence-electron chi connectivity index (χ1n) is 7.83. The molecule has 0 radical (unpaired) electrons. The number of aromatic nitrogens is 1. The number of carbonyl (C=O) groups is 2. The Balaban J connectivity index is 1.93. The van der Waals surface area contributed by atoms with Crippen molar-refractivity contribution in [1.29, 1.82) is 0 Å². The lowest BCUT2D eigenvalue weighted by molar-refractivity contribution is -0.143. The van der Waals surface area contributed by atoms with Crippen LogP contribution in [0.3, 0.4) is 0 Å². The van der Waals surface area contributed by atoms with E-state index in [4.69, 9.17) is 32.8 Å². The van der Waals surface area contributed by atoms with Gasteiger partial charge in [0.1, 0.15) is 17.0 Å². The first kappa shape index (κ1) is 17.8. The fourth-order valence-electron chi connectivity index (χ4n) is 3.01. The Hall–Kier alpha value is -2.05. The van der Waals surface area contributed by atoms with Gasteiger partial charge in [0.05, 0.1) is 16.0 Å². The molecule has 132 valence electrons. The van der Waals surface area contributed by atoms with Gasteiger partial charge in [0, 0.05) is 18.7 Å². The number of carboxylic acid groups (broad SMARTS) is 1. The van der Waals surface area contributed by atoms with Gasteiger partial charge in [-0.3, -0.25) is 9.59 Å². The molecule has 1 N–H and O–H groups in total. The van der Waals surface area contributed by atoms with Gasteiger partial charge < -0.3 is 14.5 Å². The summed E-state index contributed by atoms with van der Waals surface area (Å²) in [4.78, 5) is 25.7. The first-order valence-corrected chi connectivity index (χ1v) is 8.58. The molecule has 1 saturated heterocycles. The van der Waals surface area contributed by atoms with E-state index in [1.54, 1.807) is 30.0 Å². The molecule has 3 rings (SSSR count). The van der Waals surface area contributed by atoms with Crippen LogP contribution in [-0.2, 0) is 4.79 Å². The van der Waals surface area contributed by atoms with E-state index in [0.717, 1.165) is 0 Å². The Kier molecular flexibility index (Phi) is 5.01. The number of benzene rings is 1. The van der Waals surface area contributed by atoms with Gasteiger partial charge in [0.15, 0.2) is 0 Å². The van der Waals surface area contributed by atoms with Crippen LogP contribution in [0.2, 0.25) is 10.0 Å². The van der Waals surface area contributed by atoms with E-state index in [0.29, 0.717) is 58.6 Å². The van der Waals surface area contributed by atoms with Gasteiger partial charge in [0.2, 0.25) is 0 Å². The van der Waals surface area contributed by atoms with Crippen LogP contribution in [0.4, 0.5) is 0 Å². The third-order valence-corrected chi connectivity index (χ3v) is 5.04. The van der Waals surface area contributed by atoms with Crippen LogP contribution in [0.25, 0.3) is 11.3 Å². The first-order chi connectivity index (χ1) is 11.9. The molecule has 0 unspecified atom stereocenters. The molecular formula is C17H16Cl2N2O4. The molecule has 2 heterocycles. The van der Waals surface area contributed by atoms with Crippen LogP contribution in [0.1, 0.15) is 29.0 Å². The number of likely N-dealkylation sites (tertiary alicyclic amines) is 1. The minimum atomic E-state index is -0.822. The predicted molar refractivity (Wildman–Crippen MR) is 93.0 cm³/mol. The van der Waals surface area contributed by atoms with E-state index in [1.165, 1.54) is 0 Å². The Labute approximate surface area is 154 Å². The number of rotatable bonds is 3. The molecule has 25 heavy (non-hydrogen) atoms. The van der Waals surface area contributed by atoms with Gasteiger partial charge in [-0.05, 0) is 31.9 Å². The van der Waals surface area contributed by atoms with E-state index in [9.17, 15) is 9.59 Å².